The van der Waals surface area contributed by atoms with Gasteiger partial charge in [0.15, 0.2) is 0 Å². The average Bonchev–Trinajstić information content (AvgIpc) is 1.53. The summed E-state index contributed by atoms with van der Waals surface area (Å²) in [7, 11) is 0. The summed E-state index contributed by atoms with van der Waals surface area (Å²) in [5.74, 6) is 0.539. The third-order valence-electron chi connectivity index (χ3n) is 1.27. The van der Waals surface area contributed by atoms with E-state index in [0.717, 1.165) is 0 Å². The Morgan fingerprint density at radius 3 is 2.18 bits per heavy atom. The molecule has 0 aliphatic carbocycles. The number of hydrogen-bond donors (Lipinski definition) is 1. The van der Waals surface area contributed by atoms with Crippen LogP contribution in [0.5, 0.6) is 0 Å². The van der Waals surface area contributed by atoms with Gasteiger partial charge < -0.3 is 5.11 Å². The highest BCUT2D eigenvalue weighted by Crippen LogP contribution is 2.11. The molecule has 0 amide bonds. The molecule has 0 saturated heterocycles. The SMILES string of the molecule is CC(C)CC(=O)CC(C)(C)O. The average molecular weight is 158 g/mol. The number of aliphatic hydroxyl groups is 1. The fourth-order valence-electron chi connectivity index (χ4n) is 1.01. The van der Waals surface area contributed by atoms with Gasteiger partial charge in [-0.15, -0.1) is 0 Å². The first-order valence-corrected chi connectivity index (χ1v) is 4.05. The van der Waals surface area contributed by atoms with E-state index < -0.39 is 5.60 Å². The standard InChI is InChI=1S/C9H18O2/c1-7(2)5-8(10)6-9(3,4)11/h7,11H,5-6H2,1-4H3. The first-order chi connectivity index (χ1) is 4.81. The van der Waals surface area contributed by atoms with Gasteiger partial charge in [-0.3, -0.25) is 4.79 Å². The molecule has 0 bridgehead atoms. The first kappa shape index (κ1) is 10.6. The smallest absolute Gasteiger partial charge is 0.136 e. The molecule has 0 aliphatic rings. The van der Waals surface area contributed by atoms with E-state index in [2.05, 4.69) is 0 Å². The van der Waals surface area contributed by atoms with Gasteiger partial charge in [0.05, 0.1) is 5.60 Å². The van der Waals surface area contributed by atoms with Gasteiger partial charge >= 0.3 is 0 Å². The van der Waals surface area contributed by atoms with Gasteiger partial charge in [0, 0.05) is 12.8 Å². The highest BCUT2D eigenvalue weighted by molar-refractivity contribution is 5.79. The Balaban J connectivity index is 3.71. The number of carbonyl (C=O) groups is 1. The molecule has 66 valence electrons. The lowest BCUT2D eigenvalue weighted by atomic mass is 9.97. The van der Waals surface area contributed by atoms with Crippen molar-refractivity contribution in [3.8, 4) is 0 Å². The predicted molar refractivity (Wildman–Crippen MR) is 45.4 cm³/mol. The van der Waals surface area contributed by atoms with Crippen LogP contribution in [0.4, 0.5) is 0 Å². The Hall–Kier alpha value is -0.370. The van der Waals surface area contributed by atoms with Crippen LogP contribution < -0.4 is 0 Å². The minimum Gasteiger partial charge on any atom is -0.390 e. The van der Waals surface area contributed by atoms with Crippen LogP contribution >= 0.6 is 0 Å². The summed E-state index contributed by atoms with van der Waals surface area (Å²) in [4.78, 5) is 11.1. The summed E-state index contributed by atoms with van der Waals surface area (Å²) in [5.41, 5.74) is -0.841. The Bertz CT molecular complexity index is 131. The first-order valence-electron chi connectivity index (χ1n) is 4.05. The van der Waals surface area contributed by atoms with Crippen LogP contribution in [-0.2, 0) is 4.79 Å². The molecular weight excluding hydrogens is 140 g/mol. The Kier molecular flexibility index (Phi) is 3.73. The maximum absolute atomic E-state index is 11.1. The van der Waals surface area contributed by atoms with Crippen molar-refractivity contribution < 1.29 is 9.90 Å². The molecule has 0 aromatic heterocycles. The fourth-order valence-corrected chi connectivity index (χ4v) is 1.01. The molecule has 0 radical (unpaired) electrons. The molecule has 0 aliphatic heterocycles. The van der Waals surface area contributed by atoms with Crippen molar-refractivity contribution in [2.24, 2.45) is 5.92 Å². The minimum atomic E-state index is -0.841. The lowest BCUT2D eigenvalue weighted by Gasteiger charge is -2.16. The van der Waals surface area contributed by atoms with Crippen molar-refractivity contribution >= 4 is 5.78 Å². The Morgan fingerprint density at radius 1 is 1.45 bits per heavy atom. The van der Waals surface area contributed by atoms with Gasteiger partial charge in [0.25, 0.3) is 0 Å². The maximum Gasteiger partial charge on any atom is 0.136 e. The summed E-state index contributed by atoms with van der Waals surface area (Å²) in [6.07, 6.45) is 0.842. The zero-order valence-electron chi connectivity index (χ0n) is 7.85. The molecule has 0 rings (SSSR count). The molecule has 2 nitrogen and oxygen atoms in total. The second-order valence-electron chi connectivity index (χ2n) is 4.13. The lowest BCUT2D eigenvalue weighted by Crippen LogP contribution is -2.23. The van der Waals surface area contributed by atoms with E-state index >= 15 is 0 Å². The van der Waals surface area contributed by atoms with E-state index in [-0.39, 0.29) is 12.2 Å². The number of carbonyl (C=O) groups excluding carboxylic acids is 1. The van der Waals surface area contributed by atoms with E-state index in [9.17, 15) is 9.90 Å². The molecule has 11 heavy (non-hydrogen) atoms. The van der Waals surface area contributed by atoms with Crippen LogP contribution in [0.15, 0.2) is 0 Å². The summed E-state index contributed by atoms with van der Waals surface area (Å²) in [6.45, 7) is 7.32. The van der Waals surface area contributed by atoms with E-state index in [1.165, 1.54) is 0 Å². The molecule has 0 aromatic rings. The molecule has 0 heterocycles. The number of rotatable bonds is 4. The summed E-state index contributed by atoms with van der Waals surface area (Å²) >= 11 is 0. The molecule has 2 heteroatoms. The summed E-state index contributed by atoms with van der Waals surface area (Å²) < 4.78 is 0. The number of ketones is 1. The van der Waals surface area contributed by atoms with Crippen LogP contribution in [-0.4, -0.2) is 16.5 Å². The number of hydrogen-bond acceptors (Lipinski definition) is 2. The van der Waals surface area contributed by atoms with E-state index in [0.29, 0.717) is 12.3 Å². The van der Waals surface area contributed by atoms with Crippen molar-refractivity contribution in [3.05, 3.63) is 0 Å². The van der Waals surface area contributed by atoms with Gasteiger partial charge in [-0.25, -0.2) is 0 Å². The molecule has 0 unspecified atom stereocenters. The van der Waals surface area contributed by atoms with Crippen molar-refractivity contribution in [1.82, 2.24) is 0 Å². The van der Waals surface area contributed by atoms with Crippen LogP contribution in [0, 0.1) is 5.92 Å². The molecule has 0 spiro atoms. The van der Waals surface area contributed by atoms with Gasteiger partial charge in [-0.1, -0.05) is 13.8 Å². The highest BCUT2D eigenvalue weighted by atomic mass is 16.3. The molecule has 0 aromatic carbocycles. The normalized spacial score (nSPS) is 12.2. The lowest BCUT2D eigenvalue weighted by molar-refractivity contribution is -0.123. The number of Topliss-reactive ketones (excluding diaryl/α,β-unsaturated/α-hetero) is 1. The second kappa shape index (κ2) is 3.86. The second-order valence-corrected chi connectivity index (χ2v) is 4.13. The monoisotopic (exact) mass is 158 g/mol. The topological polar surface area (TPSA) is 37.3 Å². The zero-order chi connectivity index (χ0) is 9.07. The van der Waals surface area contributed by atoms with Crippen LogP contribution in [0.2, 0.25) is 0 Å². The van der Waals surface area contributed by atoms with Gasteiger partial charge in [-0.05, 0) is 19.8 Å². The summed E-state index contributed by atoms with van der Waals surface area (Å²) in [6, 6.07) is 0. The van der Waals surface area contributed by atoms with Crippen LogP contribution in [0.25, 0.3) is 0 Å². The summed E-state index contributed by atoms with van der Waals surface area (Å²) in [5, 5.41) is 9.28. The van der Waals surface area contributed by atoms with E-state index in [1.54, 1.807) is 13.8 Å². The van der Waals surface area contributed by atoms with Crippen molar-refractivity contribution in [2.45, 2.75) is 46.1 Å². The van der Waals surface area contributed by atoms with Crippen LogP contribution in [0.1, 0.15) is 40.5 Å². The molecule has 0 saturated carbocycles. The largest absolute Gasteiger partial charge is 0.390 e. The maximum atomic E-state index is 11.1. The third kappa shape index (κ3) is 7.53. The van der Waals surface area contributed by atoms with Gasteiger partial charge in [0.2, 0.25) is 0 Å². The minimum absolute atomic E-state index is 0.146. The fraction of sp³-hybridized carbons (Fsp3) is 0.889. The van der Waals surface area contributed by atoms with Gasteiger partial charge in [-0.2, -0.15) is 0 Å². The zero-order valence-corrected chi connectivity index (χ0v) is 7.85. The molecule has 0 atom stereocenters. The van der Waals surface area contributed by atoms with Gasteiger partial charge in [0.1, 0.15) is 5.78 Å². The molecule has 1 N–H and O–H groups in total. The molecule has 0 fully saturated rings. The molecular formula is C9H18O2. The predicted octanol–water partition coefficient (Wildman–Crippen LogP) is 1.76. The van der Waals surface area contributed by atoms with Crippen molar-refractivity contribution in [1.29, 1.82) is 0 Å². The Labute approximate surface area is 68.6 Å². The highest BCUT2D eigenvalue weighted by Gasteiger charge is 2.18. The quantitative estimate of drug-likeness (QED) is 0.677. The Morgan fingerprint density at radius 2 is 1.91 bits per heavy atom. The van der Waals surface area contributed by atoms with Crippen molar-refractivity contribution in [2.75, 3.05) is 0 Å². The third-order valence-corrected chi connectivity index (χ3v) is 1.27. The van der Waals surface area contributed by atoms with E-state index in [4.69, 9.17) is 0 Å². The van der Waals surface area contributed by atoms with Crippen LogP contribution in [0.3, 0.4) is 0 Å². The van der Waals surface area contributed by atoms with E-state index in [1.807, 2.05) is 13.8 Å². The van der Waals surface area contributed by atoms with Crippen molar-refractivity contribution in [3.63, 3.8) is 0 Å².